The average molecular weight is 286 g/mol. The Morgan fingerprint density at radius 3 is 2.74 bits per heavy atom. The van der Waals surface area contributed by atoms with Crippen LogP contribution in [0.3, 0.4) is 0 Å². The number of nitrogens with zero attached hydrogens (tertiary/aromatic N) is 1. The van der Waals surface area contributed by atoms with E-state index >= 15 is 0 Å². The summed E-state index contributed by atoms with van der Waals surface area (Å²) in [6.45, 7) is 0.255. The molecule has 7 heteroatoms. The van der Waals surface area contributed by atoms with Crippen molar-refractivity contribution in [3.8, 4) is 0 Å². The van der Waals surface area contributed by atoms with E-state index in [0.717, 1.165) is 18.9 Å². The Morgan fingerprint density at radius 2 is 2.11 bits per heavy atom. The van der Waals surface area contributed by atoms with Gasteiger partial charge in [0, 0.05) is 46.5 Å². The lowest BCUT2D eigenvalue weighted by atomic mass is 10.1. The molecule has 19 heavy (non-hydrogen) atoms. The largest absolute Gasteiger partial charge is 0.310 e. The fourth-order valence-electron chi connectivity index (χ4n) is 2.13. The van der Waals surface area contributed by atoms with Crippen LogP contribution in [0.2, 0.25) is 0 Å². The summed E-state index contributed by atoms with van der Waals surface area (Å²) < 4.78 is 24.4. The molecule has 0 spiro atoms. The molecule has 5 nitrogen and oxygen atoms in total. The highest BCUT2D eigenvalue weighted by atomic mass is 32.2. The smallest absolute Gasteiger partial charge is 0.274 e. The average Bonchev–Trinajstić information content (AvgIpc) is 2.38. The molecular weight excluding hydrogens is 271 g/mol. The minimum Gasteiger partial charge on any atom is -0.310 e. The van der Waals surface area contributed by atoms with Crippen molar-refractivity contribution in [2.24, 2.45) is 0 Å². The Hall–Kier alpha value is -1.34. The number of benzene rings is 1. The predicted octanol–water partition coefficient (Wildman–Crippen LogP) is 1.73. The molecule has 1 saturated heterocycles. The van der Waals surface area contributed by atoms with Crippen LogP contribution in [0.5, 0.6) is 0 Å². The van der Waals surface area contributed by atoms with E-state index in [-0.39, 0.29) is 18.3 Å². The summed E-state index contributed by atoms with van der Waals surface area (Å²) in [5.41, 5.74) is 0.269. The van der Waals surface area contributed by atoms with Crippen LogP contribution in [-0.4, -0.2) is 26.7 Å². The maximum atomic E-state index is 13.1. The van der Waals surface area contributed by atoms with Gasteiger partial charge >= 0.3 is 0 Å². The van der Waals surface area contributed by atoms with Crippen molar-refractivity contribution in [1.29, 1.82) is 0 Å². The van der Waals surface area contributed by atoms with Crippen molar-refractivity contribution >= 4 is 16.5 Å². The lowest BCUT2D eigenvalue weighted by Gasteiger charge is -2.22. The SMILES string of the molecule is O=[N+]([O-])c1ccc(F)cc1CNC1CCS(=O)CC1. The first-order valence-electron chi connectivity index (χ1n) is 6.07. The van der Waals surface area contributed by atoms with Gasteiger partial charge < -0.3 is 5.32 Å². The zero-order valence-corrected chi connectivity index (χ0v) is 11.1. The van der Waals surface area contributed by atoms with Crippen LogP contribution in [0.25, 0.3) is 0 Å². The molecule has 0 radical (unpaired) electrons. The van der Waals surface area contributed by atoms with Crippen molar-refractivity contribution in [3.05, 3.63) is 39.7 Å². The number of rotatable bonds is 4. The van der Waals surface area contributed by atoms with Crippen LogP contribution < -0.4 is 5.32 Å². The summed E-state index contributed by atoms with van der Waals surface area (Å²) in [7, 11) is -0.733. The number of nitro groups is 1. The van der Waals surface area contributed by atoms with E-state index in [0.29, 0.717) is 17.1 Å². The van der Waals surface area contributed by atoms with Gasteiger partial charge in [-0.15, -0.1) is 0 Å². The number of halogens is 1. The van der Waals surface area contributed by atoms with Gasteiger partial charge in [-0.2, -0.15) is 0 Å². The van der Waals surface area contributed by atoms with E-state index in [1.807, 2.05) is 0 Å². The van der Waals surface area contributed by atoms with E-state index in [9.17, 15) is 18.7 Å². The summed E-state index contributed by atoms with van der Waals surface area (Å²) in [6, 6.07) is 3.65. The van der Waals surface area contributed by atoms with Gasteiger partial charge in [0.2, 0.25) is 0 Å². The zero-order valence-electron chi connectivity index (χ0n) is 10.3. The van der Waals surface area contributed by atoms with Gasteiger partial charge in [0.05, 0.1) is 4.92 Å². The molecule has 0 amide bonds. The zero-order chi connectivity index (χ0) is 13.8. The van der Waals surface area contributed by atoms with Gasteiger partial charge in [-0.1, -0.05) is 0 Å². The van der Waals surface area contributed by atoms with Crippen LogP contribution in [-0.2, 0) is 17.3 Å². The lowest BCUT2D eigenvalue weighted by Crippen LogP contribution is -2.35. The monoisotopic (exact) mass is 286 g/mol. The maximum absolute atomic E-state index is 13.1. The molecule has 0 atom stereocenters. The molecule has 1 fully saturated rings. The third kappa shape index (κ3) is 3.81. The van der Waals surface area contributed by atoms with Crippen molar-refractivity contribution in [2.75, 3.05) is 11.5 Å². The van der Waals surface area contributed by atoms with E-state index in [1.165, 1.54) is 12.1 Å². The van der Waals surface area contributed by atoms with Crippen molar-refractivity contribution in [3.63, 3.8) is 0 Å². The molecule has 1 heterocycles. The third-order valence-corrected chi connectivity index (χ3v) is 4.59. The van der Waals surface area contributed by atoms with E-state index in [1.54, 1.807) is 0 Å². The number of nitrogens with one attached hydrogen (secondary N) is 1. The van der Waals surface area contributed by atoms with E-state index < -0.39 is 21.5 Å². The summed E-state index contributed by atoms with van der Waals surface area (Å²) >= 11 is 0. The normalized spacial score (nSPS) is 23.2. The van der Waals surface area contributed by atoms with E-state index in [2.05, 4.69) is 5.32 Å². The first-order chi connectivity index (χ1) is 9.06. The molecule has 0 aliphatic carbocycles. The number of hydrogen-bond acceptors (Lipinski definition) is 4. The van der Waals surface area contributed by atoms with Gasteiger partial charge in [-0.25, -0.2) is 4.39 Å². The molecule has 1 aliphatic rings. The van der Waals surface area contributed by atoms with Crippen LogP contribution >= 0.6 is 0 Å². The molecule has 1 aromatic rings. The van der Waals surface area contributed by atoms with Crippen LogP contribution in [0.1, 0.15) is 18.4 Å². The summed E-state index contributed by atoms with van der Waals surface area (Å²) in [5, 5.41) is 14.0. The molecule has 0 aromatic heterocycles. The second-order valence-electron chi connectivity index (χ2n) is 4.53. The standard InChI is InChI=1S/C12H15FN2O3S/c13-10-1-2-12(15(16)17)9(7-10)8-14-11-3-5-19(18)6-4-11/h1-2,7,11,14H,3-6,8H2. The Kier molecular flexibility index (Phi) is 4.60. The van der Waals surface area contributed by atoms with Gasteiger partial charge in [-0.05, 0) is 25.0 Å². The summed E-state index contributed by atoms with van der Waals surface area (Å²) in [4.78, 5) is 10.3. The van der Waals surface area contributed by atoms with E-state index in [4.69, 9.17) is 0 Å². The molecule has 0 bridgehead atoms. The van der Waals surface area contributed by atoms with Crippen LogP contribution in [0.4, 0.5) is 10.1 Å². The van der Waals surface area contributed by atoms with Gasteiger partial charge in [-0.3, -0.25) is 14.3 Å². The molecule has 1 aliphatic heterocycles. The summed E-state index contributed by atoms with van der Waals surface area (Å²) in [6.07, 6.45) is 1.57. The predicted molar refractivity (Wildman–Crippen MR) is 70.8 cm³/mol. The summed E-state index contributed by atoms with van der Waals surface area (Å²) in [5.74, 6) is 0.832. The van der Waals surface area contributed by atoms with Gasteiger partial charge in [0.15, 0.2) is 0 Å². The van der Waals surface area contributed by atoms with Gasteiger partial charge in [0.1, 0.15) is 5.82 Å². The third-order valence-electron chi connectivity index (χ3n) is 3.21. The van der Waals surface area contributed by atoms with Crippen LogP contribution in [0.15, 0.2) is 18.2 Å². The Labute approximate surface area is 112 Å². The topological polar surface area (TPSA) is 72.2 Å². The molecule has 104 valence electrons. The lowest BCUT2D eigenvalue weighted by molar-refractivity contribution is -0.385. The number of hydrogen-bond donors (Lipinski definition) is 1. The molecule has 0 saturated carbocycles. The maximum Gasteiger partial charge on any atom is 0.274 e. The van der Waals surface area contributed by atoms with Crippen LogP contribution in [0, 0.1) is 15.9 Å². The molecular formula is C12H15FN2O3S. The second-order valence-corrected chi connectivity index (χ2v) is 6.23. The fourth-order valence-corrected chi connectivity index (χ4v) is 3.42. The highest BCUT2D eigenvalue weighted by Gasteiger charge is 2.19. The first-order valence-corrected chi connectivity index (χ1v) is 7.56. The minimum absolute atomic E-state index is 0.0757. The minimum atomic E-state index is -0.733. The number of nitro benzene ring substituents is 1. The molecule has 2 rings (SSSR count). The first kappa shape index (κ1) is 14.1. The fraction of sp³-hybridized carbons (Fsp3) is 0.500. The van der Waals surface area contributed by atoms with Crippen molar-refractivity contribution in [2.45, 2.75) is 25.4 Å². The highest BCUT2D eigenvalue weighted by Crippen LogP contribution is 2.20. The Bertz CT molecular complexity index is 500. The van der Waals surface area contributed by atoms with Crippen molar-refractivity contribution < 1.29 is 13.5 Å². The molecule has 1 N–H and O–H groups in total. The van der Waals surface area contributed by atoms with Crippen molar-refractivity contribution in [1.82, 2.24) is 5.32 Å². The second kappa shape index (κ2) is 6.21. The quantitative estimate of drug-likeness (QED) is 0.676. The highest BCUT2D eigenvalue weighted by molar-refractivity contribution is 7.85. The Morgan fingerprint density at radius 1 is 1.42 bits per heavy atom. The molecule has 0 unspecified atom stereocenters. The molecule has 1 aromatic carbocycles. The van der Waals surface area contributed by atoms with Gasteiger partial charge in [0.25, 0.3) is 5.69 Å². The Balaban J connectivity index is 2.00.